The highest BCUT2D eigenvalue weighted by Crippen LogP contribution is 2.19. The predicted molar refractivity (Wildman–Crippen MR) is 91.2 cm³/mol. The van der Waals surface area contributed by atoms with Gasteiger partial charge in [0.2, 0.25) is 0 Å². The van der Waals surface area contributed by atoms with E-state index in [9.17, 15) is 0 Å². The molecule has 2 aliphatic rings. The maximum Gasteiger partial charge on any atom is 0.187 e. The molecule has 1 aromatic rings. The zero-order valence-corrected chi connectivity index (χ0v) is 14.6. The van der Waals surface area contributed by atoms with Crippen molar-refractivity contribution in [3.05, 3.63) is 18.0 Å². The van der Waals surface area contributed by atoms with Crippen LogP contribution in [0.25, 0.3) is 0 Å². The number of hydrogen-bond donors (Lipinski definition) is 0. The van der Waals surface area contributed by atoms with E-state index in [1.165, 1.54) is 51.3 Å². The van der Waals surface area contributed by atoms with Gasteiger partial charge in [0, 0.05) is 69.8 Å². The van der Waals surface area contributed by atoms with Crippen LogP contribution >= 0.6 is 11.8 Å². The standard InChI is InChI=1S/C16H27N5S/c1-3-22-16-17-10-14(11-18-16)12-20-5-4-15(13-20)21-8-6-19(2)7-9-21/h10-11,15H,3-9,12-13H2,1-2H3/t15-/m0/s1. The SMILES string of the molecule is CCSc1ncc(CN2CC[C@H](N3CCN(C)CC3)C2)cn1. The van der Waals surface area contributed by atoms with Gasteiger partial charge in [-0.3, -0.25) is 9.80 Å². The molecule has 0 spiro atoms. The predicted octanol–water partition coefficient (Wildman–Crippen LogP) is 1.41. The zero-order valence-electron chi connectivity index (χ0n) is 13.7. The summed E-state index contributed by atoms with van der Waals surface area (Å²) in [7, 11) is 2.22. The Morgan fingerprint density at radius 2 is 1.86 bits per heavy atom. The Morgan fingerprint density at radius 3 is 2.55 bits per heavy atom. The molecule has 2 aliphatic heterocycles. The Hall–Kier alpha value is -0.690. The summed E-state index contributed by atoms with van der Waals surface area (Å²) in [6, 6.07) is 0.740. The number of aromatic nitrogens is 2. The quantitative estimate of drug-likeness (QED) is 0.603. The fraction of sp³-hybridized carbons (Fsp3) is 0.750. The van der Waals surface area contributed by atoms with Crippen molar-refractivity contribution in [3.63, 3.8) is 0 Å². The van der Waals surface area contributed by atoms with Gasteiger partial charge in [-0.05, 0) is 19.2 Å². The summed E-state index contributed by atoms with van der Waals surface area (Å²) in [5.74, 6) is 1.03. The van der Waals surface area contributed by atoms with Gasteiger partial charge in [-0.25, -0.2) is 9.97 Å². The molecule has 0 amide bonds. The normalized spacial score (nSPS) is 24.9. The molecule has 0 bridgehead atoms. The van der Waals surface area contributed by atoms with Gasteiger partial charge >= 0.3 is 0 Å². The molecular weight excluding hydrogens is 294 g/mol. The van der Waals surface area contributed by atoms with Gasteiger partial charge in [0.1, 0.15) is 0 Å². The van der Waals surface area contributed by atoms with Crippen LogP contribution in [0.2, 0.25) is 0 Å². The highest BCUT2D eigenvalue weighted by molar-refractivity contribution is 7.99. The maximum atomic E-state index is 4.44. The van der Waals surface area contributed by atoms with Crippen LogP contribution in [-0.2, 0) is 6.54 Å². The Kier molecular flexibility index (Phi) is 5.68. The first-order valence-corrected chi connectivity index (χ1v) is 9.32. The first-order chi connectivity index (χ1) is 10.7. The first kappa shape index (κ1) is 16.2. The van der Waals surface area contributed by atoms with E-state index in [1.54, 1.807) is 11.8 Å². The number of likely N-dealkylation sites (N-methyl/N-ethyl adjacent to an activating group) is 1. The highest BCUT2D eigenvalue weighted by atomic mass is 32.2. The lowest BCUT2D eigenvalue weighted by molar-refractivity contribution is 0.112. The molecule has 3 heterocycles. The monoisotopic (exact) mass is 321 g/mol. The van der Waals surface area contributed by atoms with E-state index in [4.69, 9.17) is 0 Å². The van der Waals surface area contributed by atoms with E-state index in [0.717, 1.165) is 23.5 Å². The van der Waals surface area contributed by atoms with Crippen molar-refractivity contribution in [1.82, 2.24) is 24.7 Å². The molecule has 0 radical (unpaired) electrons. The number of rotatable bonds is 5. The Morgan fingerprint density at radius 1 is 1.14 bits per heavy atom. The van der Waals surface area contributed by atoms with Crippen LogP contribution in [0.3, 0.4) is 0 Å². The molecule has 2 fully saturated rings. The number of nitrogens with zero attached hydrogens (tertiary/aromatic N) is 5. The maximum absolute atomic E-state index is 4.44. The van der Waals surface area contributed by atoms with Crippen LogP contribution in [0.4, 0.5) is 0 Å². The van der Waals surface area contributed by atoms with Gasteiger partial charge in [-0.15, -0.1) is 0 Å². The van der Waals surface area contributed by atoms with Gasteiger partial charge in [0.25, 0.3) is 0 Å². The second-order valence-electron chi connectivity index (χ2n) is 6.32. The second kappa shape index (κ2) is 7.73. The van der Waals surface area contributed by atoms with Gasteiger partial charge in [-0.2, -0.15) is 0 Å². The molecule has 2 saturated heterocycles. The fourth-order valence-electron chi connectivity index (χ4n) is 3.33. The van der Waals surface area contributed by atoms with E-state index < -0.39 is 0 Å². The van der Waals surface area contributed by atoms with Crippen LogP contribution < -0.4 is 0 Å². The van der Waals surface area contributed by atoms with E-state index in [2.05, 4.69) is 38.6 Å². The Bertz CT molecular complexity index is 458. The number of piperazine rings is 1. The van der Waals surface area contributed by atoms with Crippen LogP contribution in [0.1, 0.15) is 18.9 Å². The van der Waals surface area contributed by atoms with E-state index >= 15 is 0 Å². The molecule has 0 N–H and O–H groups in total. The van der Waals surface area contributed by atoms with E-state index in [0.29, 0.717) is 0 Å². The van der Waals surface area contributed by atoms with Crippen molar-refractivity contribution in [2.24, 2.45) is 0 Å². The zero-order chi connectivity index (χ0) is 15.4. The van der Waals surface area contributed by atoms with Gasteiger partial charge in [0.15, 0.2) is 5.16 Å². The molecule has 1 atom stereocenters. The average Bonchev–Trinajstić information content (AvgIpc) is 2.99. The molecule has 0 unspecified atom stereocenters. The lowest BCUT2D eigenvalue weighted by atomic mass is 10.2. The molecule has 6 heteroatoms. The van der Waals surface area contributed by atoms with Gasteiger partial charge in [-0.1, -0.05) is 18.7 Å². The molecule has 0 aromatic carbocycles. The number of hydrogen-bond acceptors (Lipinski definition) is 6. The van der Waals surface area contributed by atoms with Crippen molar-refractivity contribution in [2.75, 3.05) is 52.1 Å². The summed E-state index contributed by atoms with van der Waals surface area (Å²) in [5.41, 5.74) is 1.24. The topological polar surface area (TPSA) is 35.5 Å². The van der Waals surface area contributed by atoms with Crippen LogP contribution in [-0.4, -0.2) is 82.8 Å². The molecule has 5 nitrogen and oxygen atoms in total. The van der Waals surface area contributed by atoms with Crippen LogP contribution in [0, 0.1) is 0 Å². The third-order valence-corrected chi connectivity index (χ3v) is 5.42. The minimum absolute atomic E-state index is 0.740. The molecule has 0 saturated carbocycles. The van der Waals surface area contributed by atoms with Crippen molar-refractivity contribution >= 4 is 11.8 Å². The first-order valence-electron chi connectivity index (χ1n) is 8.33. The molecule has 1 aromatic heterocycles. The summed E-state index contributed by atoms with van der Waals surface area (Å²) in [6.07, 6.45) is 5.29. The lowest BCUT2D eigenvalue weighted by Crippen LogP contribution is -2.49. The average molecular weight is 321 g/mol. The summed E-state index contributed by atoms with van der Waals surface area (Å²) in [6.45, 7) is 10.4. The molecule has 122 valence electrons. The summed E-state index contributed by atoms with van der Waals surface area (Å²) in [4.78, 5) is 16.5. The second-order valence-corrected chi connectivity index (χ2v) is 7.55. The van der Waals surface area contributed by atoms with Crippen LogP contribution in [0.15, 0.2) is 17.6 Å². The third kappa shape index (κ3) is 4.19. The number of thioether (sulfide) groups is 1. The smallest absolute Gasteiger partial charge is 0.187 e. The molecular formula is C16H27N5S. The summed E-state index contributed by atoms with van der Waals surface area (Å²) in [5, 5.41) is 0.892. The third-order valence-electron chi connectivity index (χ3n) is 4.66. The van der Waals surface area contributed by atoms with Crippen molar-refractivity contribution in [1.29, 1.82) is 0 Å². The Balaban J connectivity index is 1.48. The Labute approximate surface area is 138 Å². The van der Waals surface area contributed by atoms with Crippen molar-refractivity contribution < 1.29 is 0 Å². The highest BCUT2D eigenvalue weighted by Gasteiger charge is 2.29. The van der Waals surface area contributed by atoms with Gasteiger partial charge < -0.3 is 4.90 Å². The van der Waals surface area contributed by atoms with E-state index in [-0.39, 0.29) is 0 Å². The lowest BCUT2D eigenvalue weighted by Gasteiger charge is -2.36. The molecule has 3 rings (SSSR count). The minimum Gasteiger partial charge on any atom is -0.304 e. The largest absolute Gasteiger partial charge is 0.304 e. The summed E-state index contributed by atoms with van der Waals surface area (Å²) >= 11 is 1.70. The van der Waals surface area contributed by atoms with Crippen LogP contribution in [0.5, 0.6) is 0 Å². The molecule has 0 aliphatic carbocycles. The summed E-state index contributed by atoms with van der Waals surface area (Å²) < 4.78 is 0. The molecule has 22 heavy (non-hydrogen) atoms. The van der Waals surface area contributed by atoms with Gasteiger partial charge in [0.05, 0.1) is 0 Å². The fourth-order valence-corrected chi connectivity index (χ4v) is 3.84. The van der Waals surface area contributed by atoms with Crippen molar-refractivity contribution in [2.45, 2.75) is 31.1 Å². The minimum atomic E-state index is 0.740. The number of likely N-dealkylation sites (tertiary alicyclic amines) is 1. The van der Waals surface area contributed by atoms with Crippen molar-refractivity contribution in [3.8, 4) is 0 Å². The van der Waals surface area contributed by atoms with E-state index in [1.807, 2.05) is 12.4 Å².